The highest BCUT2D eigenvalue weighted by molar-refractivity contribution is 7.15. The van der Waals surface area contributed by atoms with Gasteiger partial charge in [0.2, 0.25) is 5.91 Å². The van der Waals surface area contributed by atoms with Crippen LogP contribution in [0.15, 0.2) is 0 Å². The Balaban J connectivity index is 1.66. The van der Waals surface area contributed by atoms with Crippen LogP contribution in [0.4, 0.5) is 5.13 Å². The molecule has 20 heavy (non-hydrogen) atoms. The zero-order chi connectivity index (χ0) is 13.9. The summed E-state index contributed by atoms with van der Waals surface area (Å²) in [6, 6.07) is 0.613. The zero-order valence-corrected chi connectivity index (χ0v) is 12.7. The predicted molar refractivity (Wildman–Crippen MR) is 79.2 cm³/mol. The van der Waals surface area contributed by atoms with Gasteiger partial charge in [-0.25, -0.2) is 4.98 Å². The summed E-state index contributed by atoms with van der Waals surface area (Å²) >= 11 is 1.65. The lowest BCUT2D eigenvalue weighted by molar-refractivity contribution is -0.115. The van der Waals surface area contributed by atoms with E-state index in [1.807, 2.05) is 6.92 Å². The summed E-state index contributed by atoms with van der Waals surface area (Å²) in [4.78, 5) is 19.9. The Morgan fingerprint density at radius 1 is 1.50 bits per heavy atom. The summed E-state index contributed by atoms with van der Waals surface area (Å²) in [7, 11) is 0. The van der Waals surface area contributed by atoms with Crippen LogP contribution in [0.5, 0.6) is 0 Å². The second kappa shape index (κ2) is 6.20. The second-order valence-corrected chi connectivity index (χ2v) is 6.42. The van der Waals surface area contributed by atoms with Crippen molar-refractivity contribution in [3.63, 3.8) is 0 Å². The molecular formula is C14H21N3O2S. The lowest BCUT2D eigenvalue weighted by atomic mass is 9.96. The molecule has 1 unspecified atom stereocenters. The van der Waals surface area contributed by atoms with Gasteiger partial charge in [-0.2, -0.15) is 0 Å². The Hall–Kier alpha value is -0.980. The first kappa shape index (κ1) is 14.0. The lowest BCUT2D eigenvalue weighted by Crippen LogP contribution is -2.45. The molecule has 1 saturated heterocycles. The lowest BCUT2D eigenvalue weighted by Gasteiger charge is -2.36. The SMILES string of the molecule is CCC(=O)Nc1nc2c(s1)CC(N1CCOCC1)CC2. The fourth-order valence-corrected chi connectivity index (χ4v) is 3.97. The summed E-state index contributed by atoms with van der Waals surface area (Å²) in [6.45, 7) is 5.64. The molecule has 0 bridgehead atoms. The van der Waals surface area contributed by atoms with E-state index in [4.69, 9.17) is 4.74 Å². The maximum absolute atomic E-state index is 11.4. The third-order valence-corrected chi connectivity index (χ3v) is 5.08. The molecule has 2 aliphatic rings. The number of aromatic nitrogens is 1. The van der Waals surface area contributed by atoms with Crippen LogP contribution in [-0.2, 0) is 22.4 Å². The number of rotatable bonds is 3. The quantitative estimate of drug-likeness (QED) is 0.922. The van der Waals surface area contributed by atoms with Crippen molar-refractivity contribution in [1.82, 2.24) is 9.88 Å². The van der Waals surface area contributed by atoms with Gasteiger partial charge in [0.25, 0.3) is 0 Å². The summed E-state index contributed by atoms with van der Waals surface area (Å²) in [5.41, 5.74) is 1.19. The van der Waals surface area contributed by atoms with Gasteiger partial charge in [0.05, 0.1) is 18.9 Å². The average molecular weight is 295 g/mol. The van der Waals surface area contributed by atoms with Gasteiger partial charge in [-0.15, -0.1) is 11.3 Å². The molecule has 1 aromatic rings. The Morgan fingerprint density at radius 3 is 3.05 bits per heavy atom. The third-order valence-electron chi connectivity index (χ3n) is 4.04. The van der Waals surface area contributed by atoms with Gasteiger partial charge in [0.15, 0.2) is 5.13 Å². The van der Waals surface area contributed by atoms with E-state index < -0.39 is 0 Å². The molecule has 1 atom stereocenters. The number of thiazole rings is 1. The molecule has 2 heterocycles. The van der Waals surface area contributed by atoms with Crippen molar-refractivity contribution in [3.05, 3.63) is 10.6 Å². The summed E-state index contributed by atoms with van der Waals surface area (Å²) in [5, 5.41) is 3.65. The highest BCUT2D eigenvalue weighted by atomic mass is 32.1. The number of aryl methyl sites for hydroxylation is 1. The first-order valence-corrected chi connectivity index (χ1v) is 8.18. The molecule has 0 saturated carbocycles. The zero-order valence-electron chi connectivity index (χ0n) is 11.9. The van der Waals surface area contributed by atoms with E-state index in [0.717, 1.165) is 50.7 Å². The number of nitrogens with zero attached hydrogens (tertiary/aromatic N) is 2. The largest absolute Gasteiger partial charge is 0.379 e. The number of amides is 1. The molecule has 1 aromatic heterocycles. The van der Waals surface area contributed by atoms with E-state index in [1.165, 1.54) is 10.6 Å². The van der Waals surface area contributed by atoms with Gasteiger partial charge in [0.1, 0.15) is 0 Å². The maximum Gasteiger partial charge on any atom is 0.225 e. The van der Waals surface area contributed by atoms with Crippen LogP contribution in [0.25, 0.3) is 0 Å². The molecule has 1 fully saturated rings. The molecule has 1 amide bonds. The summed E-state index contributed by atoms with van der Waals surface area (Å²) in [6.07, 6.45) is 3.75. The molecule has 6 heteroatoms. The molecule has 0 spiro atoms. The van der Waals surface area contributed by atoms with Gasteiger partial charge in [-0.3, -0.25) is 9.69 Å². The van der Waals surface area contributed by atoms with Gasteiger partial charge < -0.3 is 10.1 Å². The summed E-state index contributed by atoms with van der Waals surface area (Å²) < 4.78 is 5.42. The van der Waals surface area contributed by atoms with Gasteiger partial charge >= 0.3 is 0 Å². The molecule has 110 valence electrons. The predicted octanol–water partition coefficient (Wildman–Crippen LogP) is 1.68. The molecule has 0 aromatic carbocycles. The number of carbonyl (C=O) groups is 1. The van der Waals surface area contributed by atoms with E-state index in [1.54, 1.807) is 11.3 Å². The van der Waals surface area contributed by atoms with E-state index >= 15 is 0 Å². The minimum atomic E-state index is 0.0424. The van der Waals surface area contributed by atoms with E-state index in [9.17, 15) is 4.79 Å². The molecule has 3 rings (SSSR count). The topological polar surface area (TPSA) is 54.5 Å². The Kier molecular flexibility index (Phi) is 4.33. The van der Waals surface area contributed by atoms with E-state index in [2.05, 4.69) is 15.2 Å². The molecule has 1 N–H and O–H groups in total. The molecule has 0 radical (unpaired) electrons. The van der Waals surface area contributed by atoms with Crippen LogP contribution in [-0.4, -0.2) is 48.1 Å². The van der Waals surface area contributed by atoms with Crippen LogP contribution in [0.1, 0.15) is 30.3 Å². The van der Waals surface area contributed by atoms with Crippen molar-refractivity contribution >= 4 is 22.4 Å². The van der Waals surface area contributed by atoms with Crippen molar-refractivity contribution in [2.75, 3.05) is 31.6 Å². The van der Waals surface area contributed by atoms with Crippen LogP contribution in [0, 0.1) is 0 Å². The summed E-state index contributed by atoms with van der Waals surface area (Å²) in [5.74, 6) is 0.0424. The Bertz CT molecular complexity index is 483. The number of ether oxygens (including phenoxy) is 1. The van der Waals surface area contributed by atoms with Crippen LogP contribution in [0.3, 0.4) is 0 Å². The average Bonchev–Trinajstić information content (AvgIpc) is 2.89. The van der Waals surface area contributed by atoms with E-state index in [0.29, 0.717) is 12.5 Å². The maximum atomic E-state index is 11.4. The first-order valence-electron chi connectivity index (χ1n) is 7.36. The number of nitrogens with one attached hydrogen (secondary N) is 1. The highest BCUT2D eigenvalue weighted by Gasteiger charge is 2.28. The van der Waals surface area contributed by atoms with Crippen LogP contribution in [0.2, 0.25) is 0 Å². The van der Waals surface area contributed by atoms with E-state index in [-0.39, 0.29) is 5.91 Å². The third kappa shape index (κ3) is 3.02. The molecule has 1 aliphatic carbocycles. The van der Waals surface area contributed by atoms with Crippen LogP contribution < -0.4 is 5.32 Å². The number of anilines is 1. The number of morpholine rings is 1. The minimum absolute atomic E-state index is 0.0424. The fraction of sp³-hybridized carbons (Fsp3) is 0.714. The standard InChI is InChI=1S/C14H21N3O2S/c1-2-13(18)16-14-15-11-4-3-10(9-12(11)20-14)17-5-7-19-8-6-17/h10H,2-9H2,1H3,(H,15,16,18). The molecule has 5 nitrogen and oxygen atoms in total. The smallest absolute Gasteiger partial charge is 0.225 e. The van der Waals surface area contributed by atoms with Crippen LogP contribution >= 0.6 is 11.3 Å². The van der Waals surface area contributed by atoms with Crippen molar-refractivity contribution in [3.8, 4) is 0 Å². The molecule has 1 aliphatic heterocycles. The van der Waals surface area contributed by atoms with Crippen molar-refractivity contribution in [2.45, 2.75) is 38.6 Å². The van der Waals surface area contributed by atoms with Crippen molar-refractivity contribution < 1.29 is 9.53 Å². The highest BCUT2D eigenvalue weighted by Crippen LogP contribution is 2.31. The Morgan fingerprint density at radius 2 is 2.30 bits per heavy atom. The van der Waals surface area contributed by atoms with Gasteiger partial charge in [-0.05, 0) is 19.3 Å². The number of hydrogen-bond donors (Lipinski definition) is 1. The number of carbonyl (C=O) groups excluding carboxylic acids is 1. The minimum Gasteiger partial charge on any atom is -0.379 e. The number of fused-ring (bicyclic) bond motifs is 1. The second-order valence-electron chi connectivity index (χ2n) is 5.34. The molecular weight excluding hydrogens is 274 g/mol. The monoisotopic (exact) mass is 295 g/mol. The van der Waals surface area contributed by atoms with Gasteiger partial charge in [0, 0.05) is 30.4 Å². The Labute approximate surface area is 123 Å². The fourth-order valence-electron chi connectivity index (χ4n) is 2.87. The van der Waals surface area contributed by atoms with Crippen molar-refractivity contribution in [2.24, 2.45) is 0 Å². The van der Waals surface area contributed by atoms with Crippen molar-refractivity contribution in [1.29, 1.82) is 0 Å². The van der Waals surface area contributed by atoms with Gasteiger partial charge in [-0.1, -0.05) is 6.92 Å². The first-order chi connectivity index (χ1) is 9.76. The normalized spacial score (nSPS) is 23.4. The number of hydrogen-bond acceptors (Lipinski definition) is 5.